The number of amides is 1. The molecule has 0 aliphatic rings. The molecule has 4 nitrogen and oxygen atoms in total. The summed E-state index contributed by atoms with van der Waals surface area (Å²) in [5.41, 5.74) is 0. The van der Waals surface area contributed by atoms with E-state index in [-0.39, 0.29) is 17.8 Å². The SMILES string of the molecule is CCC(C)CC(=O)N(C)CC(C)C(=O)OC. The molecule has 0 spiro atoms. The maximum absolute atomic E-state index is 11.7. The first-order valence-corrected chi connectivity index (χ1v) is 5.74. The maximum atomic E-state index is 11.7. The van der Waals surface area contributed by atoms with E-state index < -0.39 is 0 Å². The second-order valence-electron chi connectivity index (χ2n) is 4.42. The van der Waals surface area contributed by atoms with Crippen LogP contribution in [-0.4, -0.2) is 37.5 Å². The van der Waals surface area contributed by atoms with E-state index in [1.807, 2.05) is 0 Å². The summed E-state index contributed by atoms with van der Waals surface area (Å²) in [6.07, 6.45) is 1.53. The molecule has 2 atom stereocenters. The van der Waals surface area contributed by atoms with Gasteiger partial charge in [0.05, 0.1) is 13.0 Å². The van der Waals surface area contributed by atoms with Crippen LogP contribution < -0.4 is 0 Å². The topological polar surface area (TPSA) is 46.6 Å². The maximum Gasteiger partial charge on any atom is 0.310 e. The molecule has 0 fully saturated rings. The van der Waals surface area contributed by atoms with E-state index in [0.717, 1.165) is 6.42 Å². The van der Waals surface area contributed by atoms with Gasteiger partial charge in [0.15, 0.2) is 0 Å². The molecule has 0 heterocycles. The summed E-state index contributed by atoms with van der Waals surface area (Å²) in [6, 6.07) is 0. The normalized spacial score (nSPS) is 14.1. The third-order valence-electron chi connectivity index (χ3n) is 2.80. The number of carbonyl (C=O) groups excluding carboxylic acids is 2. The number of ether oxygens (including phenoxy) is 1. The molecule has 0 aromatic rings. The highest BCUT2D eigenvalue weighted by molar-refractivity contribution is 5.77. The predicted molar refractivity (Wildman–Crippen MR) is 62.9 cm³/mol. The minimum Gasteiger partial charge on any atom is -0.469 e. The number of carbonyl (C=O) groups is 2. The molecule has 0 rings (SSSR count). The zero-order chi connectivity index (χ0) is 12.7. The van der Waals surface area contributed by atoms with Crippen LogP contribution in [0.1, 0.15) is 33.6 Å². The van der Waals surface area contributed by atoms with E-state index in [1.54, 1.807) is 18.9 Å². The largest absolute Gasteiger partial charge is 0.469 e. The summed E-state index contributed by atoms with van der Waals surface area (Å²) in [5.74, 6) is -0.0624. The summed E-state index contributed by atoms with van der Waals surface area (Å²) in [5, 5.41) is 0. The Labute approximate surface area is 98.0 Å². The molecule has 0 saturated carbocycles. The molecule has 0 aromatic heterocycles. The van der Waals surface area contributed by atoms with Crippen LogP contribution in [-0.2, 0) is 14.3 Å². The van der Waals surface area contributed by atoms with Crippen LogP contribution in [0.25, 0.3) is 0 Å². The highest BCUT2D eigenvalue weighted by atomic mass is 16.5. The Kier molecular flexibility index (Phi) is 6.77. The molecule has 94 valence electrons. The Hall–Kier alpha value is -1.06. The van der Waals surface area contributed by atoms with Crippen molar-refractivity contribution in [1.29, 1.82) is 0 Å². The lowest BCUT2D eigenvalue weighted by molar-refractivity contribution is -0.146. The third-order valence-corrected chi connectivity index (χ3v) is 2.80. The summed E-state index contributed by atoms with van der Waals surface area (Å²) in [6.45, 7) is 6.30. The van der Waals surface area contributed by atoms with Crippen molar-refractivity contribution in [2.24, 2.45) is 11.8 Å². The van der Waals surface area contributed by atoms with E-state index >= 15 is 0 Å². The number of hydrogen-bond donors (Lipinski definition) is 0. The fraction of sp³-hybridized carbons (Fsp3) is 0.833. The smallest absolute Gasteiger partial charge is 0.310 e. The second kappa shape index (κ2) is 7.25. The van der Waals surface area contributed by atoms with E-state index in [9.17, 15) is 9.59 Å². The molecule has 0 aliphatic heterocycles. The van der Waals surface area contributed by atoms with Crippen molar-refractivity contribution in [2.75, 3.05) is 20.7 Å². The van der Waals surface area contributed by atoms with E-state index in [1.165, 1.54) is 7.11 Å². The standard InChI is InChI=1S/C12H23NO3/c1-6-9(2)7-11(14)13(4)8-10(3)12(15)16-5/h9-10H,6-8H2,1-5H3. The summed E-state index contributed by atoms with van der Waals surface area (Å²) in [7, 11) is 3.09. The van der Waals surface area contributed by atoms with Gasteiger partial charge in [0.1, 0.15) is 0 Å². The van der Waals surface area contributed by atoms with Crippen molar-refractivity contribution in [3.05, 3.63) is 0 Å². The van der Waals surface area contributed by atoms with Crippen LogP contribution in [0.4, 0.5) is 0 Å². The fourth-order valence-electron chi connectivity index (χ4n) is 1.39. The van der Waals surface area contributed by atoms with Crippen LogP contribution in [0.5, 0.6) is 0 Å². The summed E-state index contributed by atoms with van der Waals surface area (Å²) >= 11 is 0. The van der Waals surface area contributed by atoms with Gasteiger partial charge in [0, 0.05) is 20.0 Å². The van der Waals surface area contributed by atoms with Gasteiger partial charge >= 0.3 is 5.97 Å². The minimum atomic E-state index is -0.275. The van der Waals surface area contributed by atoms with Crippen molar-refractivity contribution in [3.63, 3.8) is 0 Å². The molecule has 0 bridgehead atoms. The van der Waals surface area contributed by atoms with Gasteiger partial charge in [0.2, 0.25) is 5.91 Å². The molecule has 16 heavy (non-hydrogen) atoms. The Balaban J connectivity index is 4.09. The van der Waals surface area contributed by atoms with Gasteiger partial charge in [-0.1, -0.05) is 27.2 Å². The molecule has 1 amide bonds. The number of rotatable bonds is 6. The molecule has 0 aromatic carbocycles. The fourth-order valence-corrected chi connectivity index (χ4v) is 1.39. The van der Waals surface area contributed by atoms with E-state index in [4.69, 9.17) is 0 Å². The van der Waals surface area contributed by atoms with Crippen LogP contribution in [0.15, 0.2) is 0 Å². The highest BCUT2D eigenvalue weighted by Crippen LogP contribution is 2.09. The van der Waals surface area contributed by atoms with Crippen molar-refractivity contribution in [3.8, 4) is 0 Å². The van der Waals surface area contributed by atoms with Crippen molar-refractivity contribution < 1.29 is 14.3 Å². The van der Waals surface area contributed by atoms with Gasteiger partial charge in [0.25, 0.3) is 0 Å². The molecule has 4 heteroatoms. The second-order valence-corrected chi connectivity index (χ2v) is 4.42. The number of methoxy groups -OCH3 is 1. The quantitative estimate of drug-likeness (QED) is 0.651. The first-order chi connectivity index (χ1) is 7.42. The lowest BCUT2D eigenvalue weighted by Crippen LogP contribution is -2.34. The van der Waals surface area contributed by atoms with Crippen LogP contribution in [0.3, 0.4) is 0 Å². The van der Waals surface area contributed by atoms with Crippen molar-refractivity contribution in [2.45, 2.75) is 33.6 Å². The Morgan fingerprint density at radius 2 is 1.88 bits per heavy atom. The number of esters is 1. The Morgan fingerprint density at radius 3 is 2.31 bits per heavy atom. The molecular weight excluding hydrogens is 206 g/mol. The zero-order valence-electron chi connectivity index (χ0n) is 10.9. The number of nitrogens with zero attached hydrogens (tertiary/aromatic N) is 1. The van der Waals surface area contributed by atoms with Crippen LogP contribution in [0.2, 0.25) is 0 Å². The zero-order valence-corrected chi connectivity index (χ0v) is 10.9. The minimum absolute atomic E-state index is 0.0881. The first-order valence-electron chi connectivity index (χ1n) is 5.74. The summed E-state index contributed by atoms with van der Waals surface area (Å²) in [4.78, 5) is 24.5. The molecule has 0 N–H and O–H groups in total. The molecule has 2 unspecified atom stereocenters. The highest BCUT2D eigenvalue weighted by Gasteiger charge is 2.19. The van der Waals surface area contributed by atoms with Gasteiger partial charge in [-0.25, -0.2) is 0 Å². The van der Waals surface area contributed by atoms with Gasteiger partial charge in [-0.2, -0.15) is 0 Å². The average molecular weight is 229 g/mol. The van der Waals surface area contributed by atoms with Crippen LogP contribution >= 0.6 is 0 Å². The lowest BCUT2D eigenvalue weighted by Gasteiger charge is -2.21. The predicted octanol–water partition coefficient (Wildman–Crippen LogP) is 1.69. The van der Waals surface area contributed by atoms with E-state index in [0.29, 0.717) is 18.9 Å². The Bertz CT molecular complexity index is 240. The van der Waals surface area contributed by atoms with Crippen LogP contribution in [0, 0.1) is 11.8 Å². The van der Waals surface area contributed by atoms with Gasteiger partial charge in [-0.05, 0) is 5.92 Å². The molecular formula is C12H23NO3. The van der Waals surface area contributed by atoms with Gasteiger partial charge in [-0.3, -0.25) is 9.59 Å². The Morgan fingerprint density at radius 1 is 1.31 bits per heavy atom. The first kappa shape index (κ1) is 14.9. The van der Waals surface area contributed by atoms with Gasteiger partial charge in [-0.15, -0.1) is 0 Å². The monoisotopic (exact) mass is 229 g/mol. The van der Waals surface area contributed by atoms with Gasteiger partial charge < -0.3 is 9.64 Å². The molecule has 0 saturated heterocycles. The lowest BCUT2D eigenvalue weighted by atomic mass is 10.0. The molecule has 0 radical (unpaired) electrons. The average Bonchev–Trinajstić information content (AvgIpc) is 2.27. The summed E-state index contributed by atoms with van der Waals surface area (Å²) < 4.78 is 4.62. The van der Waals surface area contributed by atoms with Crippen molar-refractivity contribution >= 4 is 11.9 Å². The molecule has 0 aliphatic carbocycles. The van der Waals surface area contributed by atoms with E-state index in [2.05, 4.69) is 18.6 Å². The number of hydrogen-bond acceptors (Lipinski definition) is 3. The third kappa shape index (κ3) is 5.14. The van der Waals surface area contributed by atoms with Crippen molar-refractivity contribution in [1.82, 2.24) is 4.90 Å².